The van der Waals surface area contributed by atoms with Crippen molar-refractivity contribution in [2.24, 2.45) is 39.9 Å². The summed E-state index contributed by atoms with van der Waals surface area (Å²) in [6.07, 6.45) is 16.6. The molecule has 4 fully saturated rings. The highest BCUT2D eigenvalue weighted by molar-refractivity contribution is 5.30. The van der Waals surface area contributed by atoms with Gasteiger partial charge < -0.3 is 9.80 Å². The molecular formula is C29H48N2. The summed E-state index contributed by atoms with van der Waals surface area (Å²) in [7, 11) is 6.98. The molecule has 174 valence electrons. The van der Waals surface area contributed by atoms with Gasteiger partial charge in [-0.3, -0.25) is 0 Å². The summed E-state index contributed by atoms with van der Waals surface area (Å²) in [4.78, 5) is 5.18. The van der Waals surface area contributed by atoms with Crippen LogP contribution in [0, 0.1) is 39.9 Å². The highest BCUT2D eigenvalue weighted by atomic mass is 15.2. The number of hydrogen-bond donors (Lipinski definition) is 0. The maximum atomic E-state index is 2.77. The Balaban J connectivity index is 1.56. The number of hydrogen-bond acceptors (Lipinski definition) is 2. The topological polar surface area (TPSA) is 6.48 Å². The minimum absolute atomic E-state index is 0.437. The van der Waals surface area contributed by atoms with Crippen molar-refractivity contribution in [2.75, 3.05) is 34.2 Å². The van der Waals surface area contributed by atoms with Crippen LogP contribution in [-0.4, -0.2) is 50.1 Å². The number of likely N-dealkylation sites (tertiary alicyclic amines) is 1. The van der Waals surface area contributed by atoms with Gasteiger partial charge >= 0.3 is 0 Å². The first-order chi connectivity index (χ1) is 14.6. The zero-order chi connectivity index (χ0) is 22.2. The standard InChI is InChI=1S/C29H48N2/c1-20(2)8-9-22-17-26-27(3)15-13-24(30(5)6)16-21(27)12-14-28(26,4)25-11-10-23-18-31(7)19-29(22,23)25/h8,12,22-26H,9-11,13-19H2,1-7H3/t22-,23-,24+,25+,26-,27+,28+,29-/m1/s1. The Morgan fingerprint density at radius 2 is 1.94 bits per heavy atom. The lowest BCUT2D eigenvalue weighted by Gasteiger charge is -2.65. The molecule has 1 saturated heterocycles. The second-order valence-electron chi connectivity index (χ2n) is 13.4. The summed E-state index contributed by atoms with van der Waals surface area (Å²) in [5.41, 5.74) is 4.87. The fraction of sp³-hybridized carbons (Fsp3) is 0.862. The quantitative estimate of drug-likeness (QED) is 0.484. The number of allylic oxidation sites excluding steroid dienone is 3. The van der Waals surface area contributed by atoms with E-state index >= 15 is 0 Å². The molecule has 0 aromatic rings. The highest BCUT2D eigenvalue weighted by Crippen LogP contribution is 2.74. The number of rotatable bonds is 3. The van der Waals surface area contributed by atoms with Gasteiger partial charge in [0.25, 0.3) is 0 Å². The molecule has 8 atom stereocenters. The molecule has 0 N–H and O–H groups in total. The Labute approximate surface area is 192 Å². The Kier molecular flexibility index (Phi) is 5.34. The van der Waals surface area contributed by atoms with Crippen LogP contribution in [0.3, 0.4) is 0 Å². The van der Waals surface area contributed by atoms with Crippen LogP contribution in [0.15, 0.2) is 23.3 Å². The van der Waals surface area contributed by atoms with Gasteiger partial charge in [0.2, 0.25) is 0 Å². The van der Waals surface area contributed by atoms with Crippen LogP contribution in [-0.2, 0) is 0 Å². The van der Waals surface area contributed by atoms with E-state index in [0.29, 0.717) is 16.2 Å². The number of nitrogens with zero attached hydrogens (tertiary/aromatic N) is 2. The maximum absolute atomic E-state index is 2.77. The third kappa shape index (κ3) is 3.10. The lowest BCUT2D eigenvalue weighted by atomic mass is 9.39. The predicted molar refractivity (Wildman–Crippen MR) is 132 cm³/mol. The van der Waals surface area contributed by atoms with Crippen LogP contribution >= 0.6 is 0 Å². The maximum Gasteiger partial charge on any atom is 0.0127 e. The molecule has 0 amide bonds. The van der Waals surface area contributed by atoms with Crippen molar-refractivity contribution in [3.8, 4) is 0 Å². The van der Waals surface area contributed by atoms with E-state index in [1.54, 1.807) is 0 Å². The molecule has 0 aromatic carbocycles. The smallest absolute Gasteiger partial charge is 0.0127 e. The van der Waals surface area contributed by atoms with Gasteiger partial charge in [0.15, 0.2) is 0 Å². The van der Waals surface area contributed by atoms with Crippen LogP contribution in [0.4, 0.5) is 0 Å². The van der Waals surface area contributed by atoms with Crippen LogP contribution in [0.25, 0.3) is 0 Å². The Hall–Kier alpha value is -0.600. The molecule has 5 rings (SSSR count). The Morgan fingerprint density at radius 1 is 1.16 bits per heavy atom. The second-order valence-corrected chi connectivity index (χ2v) is 13.4. The summed E-state index contributed by atoms with van der Waals surface area (Å²) < 4.78 is 0. The van der Waals surface area contributed by atoms with Gasteiger partial charge in [-0.2, -0.15) is 0 Å². The second kappa shape index (κ2) is 7.45. The summed E-state index contributed by atoms with van der Waals surface area (Å²) in [5.74, 6) is 3.62. The normalized spacial score (nSPS) is 49.2. The summed E-state index contributed by atoms with van der Waals surface area (Å²) >= 11 is 0. The minimum Gasteiger partial charge on any atom is -0.306 e. The lowest BCUT2D eigenvalue weighted by molar-refractivity contribution is -0.137. The summed E-state index contributed by atoms with van der Waals surface area (Å²) in [6, 6.07) is 0.749. The predicted octanol–water partition coefficient (Wildman–Crippen LogP) is 6.39. The molecule has 0 unspecified atom stereocenters. The molecule has 2 heteroatoms. The van der Waals surface area contributed by atoms with Crippen molar-refractivity contribution >= 4 is 0 Å². The molecular weight excluding hydrogens is 376 g/mol. The van der Waals surface area contributed by atoms with Crippen molar-refractivity contribution in [3.05, 3.63) is 23.3 Å². The van der Waals surface area contributed by atoms with Gasteiger partial charge in [-0.15, -0.1) is 0 Å². The van der Waals surface area contributed by atoms with Crippen LogP contribution < -0.4 is 0 Å². The van der Waals surface area contributed by atoms with E-state index in [-0.39, 0.29) is 0 Å². The van der Waals surface area contributed by atoms with Crippen molar-refractivity contribution in [1.29, 1.82) is 0 Å². The molecule has 0 aromatic heterocycles. The molecule has 1 spiro atoms. The third-order valence-corrected chi connectivity index (χ3v) is 11.4. The fourth-order valence-electron chi connectivity index (χ4n) is 9.99. The van der Waals surface area contributed by atoms with E-state index < -0.39 is 0 Å². The summed E-state index contributed by atoms with van der Waals surface area (Å²) in [6.45, 7) is 12.8. The molecule has 4 aliphatic carbocycles. The molecule has 31 heavy (non-hydrogen) atoms. The largest absolute Gasteiger partial charge is 0.306 e. The van der Waals surface area contributed by atoms with Crippen molar-refractivity contribution < 1.29 is 0 Å². The van der Waals surface area contributed by atoms with E-state index in [1.165, 1.54) is 70.0 Å². The summed E-state index contributed by atoms with van der Waals surface area (Å²) in [5, 5.41) is 0. The van der Waals surface area contributed by atoms with E-state index in [2.05, 4.69) is 70.8 Å². The average Bonchev–Trinajstić information content (AvgIpc) is 3.20. The monoisotopic (exact) mass is 424 g/mol. The molecule has 2 nitrogen and oxygen atoms in total. The molecule has 3 saturated carbocycles. The Morgan fingerprint density at radius 3 is 2.65 bits per heavy atom. The van der Waals surface area contributed by atoms with Crippen molar-refractivity contribution in [3.63, 3.8) is 0 Å². The SMILES string of the molecule is CC(C)=CC[C@@H]1C[C@H]2[C@@](C)(CC=C3C[C@@H](N(C)C)CC[C@@]32C)[C@@H]2CC[C@@H]3CN(C)C[C@@]132. The van der Waals surface area contributed by atoms with Gasteiger partial charge in [0, 0.05) is 19.1 Å². The third-order valence-electron chi connectivity index (χ3n) is 11.4. The van der Waals surface area contributed by atoms with Crippen LogP contribution in [0.5, 0.6) is 0 Å². The van der Waals surface area contributed by atoms with E-state index in [9.17, 15) is 0 Å². The average molecular weight is 425 g/mol. The zero-order valence-electron chi connectivity index (χ0n) is 21.5. The van der Waals surface area contributed by atoms with Gasteiger partial charge in [-0.25, -0.2) is 0 Å². The number of fused-ring (bicyclic) bond motifs is 4. The Bertz CT molecular complexity index is 776. The first kappa shape index (κ1) is 22.2. The van der Waals surface area contributed by atoms with Crippen molar-refractivity contribution in [2.45, 2.75) is 85.1 Å². The minimum atomic E-state index is 0.437. The zero-order valence-corrected chi connectivity index (χ0v) is 21.5. The fourth-order valence-corrected chi connectivity index (χ4v) is 9.99. The lowest BCUT2D eigenvalue weighted by Crippen LogP contribution is -2.60. The molecule has 5 aliphatic rings. The molecule has 0 radical (unpaired) electrons. The van der Waals surface area contributed by atoms with Gasteiger partial charge in [0.1, 0.15) is 0 Å². The van der Waals surface area contributed by atoms with E-state index in [1.807, 2.05) is 5.57 Å². The van der Waals surface area contributed by atoms with Crippen LogP contribution in [0.2, 0.25) is 0 Å². The molecule has 1 aliphatic heterocycles. The van der Waals surface area contributed by atoms with Gasteiger partial charge in [-0.05, 0) is 126 Å². The van der Waals surface area contributed by atoms with E-state index in [0.717, 1.165) is 29.7 Å². The van der Waals surface area contributed by atoms with Crippen molar-refractivity contribution in [1.82, 2.24) is 9.80 Å². The van der Waals surface area contributed by atoms with Crippen LogP contribution in [0.1, 0.15) is 79.1 Å². The van der Waals surface area contributed by atoms with E-state index in [4.69, 9.17) is 0 Å². The first-order valence-corrected chi connectivity index (χ1v) is 13.3. The first-order valence-electron chi connectivity index (χ1n) is 13.3. The molecule has 0 bridgehead atoms. The highest BCUT2D eigenvalue weighted by Gasteiger charge is 2.69. The molecule has 1 heterocycles. The van der Waals surface area contributed by atoms with Gasteiger partial charge in [-0.1, -0.05) is 37.1 Å². The van der Waals surface area contributed by atoms with Gasteiger partial charge in [0.05, 0.1) is 0 Å².